The summed E-state index contributed by atoms with van der Waals surface area (Å²) in [4.78, 5) is 0. The van der Waals surface area contributed by atoms with E-state index >= 15 is 0 Å². The lowest BCUT2D eigenvalue weighted by Gasteiger charge is -2.17. The highest BCUT2D eigenvalue weighted by Crippen LogP contribution is 2.19. The highest BCUT2D eigenvalue weighted by Gasteiger charge is 2.09. The molecule has 0 aromatic heterocycles. The van der Waals surface area contributed by atoms with Crippen LogP contribution in [0.1, 0.15) is 39.5 Å². The first-order valence-corrected chi connectivity index (χ1v) is 5.36. The van der Waals surface area contributed by atoms with Crippen molar-refractivity contribution in [1.82, 2.24) is 0 Å². The fourth-order valence-corrected chi connectivity index (χ4v) is 1.69. The monoisotopic (exact) mass is 195 g/mol. The third-order valence-corrected chi connectivity index (χ3v) is 2.81. The van der Waals surface area contributed by atoms with Gasteiger partial charge in [-0.1, -0.05) is 12.2 Å². The van der Waals surface area contributed by atoms with Gasteiger partial charge in [0.25, 0.3) is 0 Å². The average Bonchev–Trinajstić information content (AvgIpc) is 2.15. The quantitative estimate of drug-likeness (QED) is 0.645. The molecule has 0 fully saturated rings. The van der Waals surface area contributed by atoms with Crippen LogP contribution in [0.2, 0.25) is 0 Å². The Kier molecular flexibility index (Phi) is 4.21. The van der Waals surface area contributed by atoms with Crippen molar-refractivity contribution in [3.8, 4) is 0 Å². The first kappa shape index (κ1) is 11.3. The standard InChI is InChI=1S/C12H21NO/c1-9-5-4-6-11(3)14-8-7-10(2)12(9)13/h11H,2,4-8,13H2,1,3H3. The molecule has 0 saturated heterocycles. The van der Waals surface area contributed by atoms with Crippen LogP contribution in [0.25, 0.3) is 0 Å². The maximum atomic E-state index is 5.97. The minimum atomic E-state index is 0.370. The molecule has 0 amide bonds. The summed E-state index contributed by atoms with van der Waals surface area (Å²) in [5.41, 5.74) is 9.17. The van der Waals surface area contributed by atoms with Gasteiger partial charge in [-0.25, -0.2) is 0 Å². The van der Waals surface area contributed by atoms with Crippen LogP contribution < -0.4 is 5.73 Å². The summed E-state index contributed by atoms with van der Waals surface area (Å²) in [7, 11) is 0. The van der Waals surface area contributed by atoms with E-state index in [9.17, 15) is 0 Å². The number of hydrogen-bond donors (Lipinski definition) is 1. The molecule has 1 atom stereocenters. The van der Waals surface area contributed by atoms with Crippen LogP contribution in [-0.4, -0.2) is 12.7 Å². The molecule has 0 aliphatic carbocycles. The molecule has 1 unspecified atom stereocenters. The van der Waals surface area contributed by atoms with Crippen molar-refractivity contribution in [2.75, 3.05) is 6.61 Å². The van der Waals surface area contributed by atoms with Gasteiger partial charge < -0.3 is 10.5 Å². The molecule has 0 spiro atoms. The zero-order valence-electron chi connectivity index (χ0n) is 9.31. The van der Waals surface area contributed by atoms with Crippen molar-refractivity contribution in [2.45, 2.75) is 45.6 Å². The van der Waals surface area contributed by atoms with Gasteiger partial charge in [0.2, 0.25) is 0 Å². The molecule has 0 saturated carbocycles. The Morgan fingerprint density at radius 3 is 2.86 bits per heavy atom. The fraction of sp³-hybridized carbons (Fsp3) is 0.667. The molecule has 2 N–H and O–H groups in total. The average molecular weight is 195 g/mol. The molecule has 1 aliphatic heterocycles. The summed E-state index contributed by atoms with van der Waals surface area (Å²) in [6.45, 7) is 8.96. The topological polar surface area (TPSA) is 35.2 Å². The van der Waals surface area contributed by atoms with Gasteiger partial charge in [0.15, 0.2) is 0 Å². The van der Waals surface area contributed by atoms with Crippen LogP contribution in [0, 0.1) is 0 Å². The van der Waals surface area contributed by atoms with Gasteiger partial charge in [0.1, 0.15) is 0 Å². The second-order valence-corrected chi connectivity index (χ2v) is 4.12. The molecule has 1 aliphatic rings. The van der Waals surface area contributed by atoms with Gasteiger partial charge in [0, 0.05) is 5.70 Å². The molecule has 0 aromatic rings. The van der Waals surface area contributed by atoms with Crippen LogP contribution in [0.15, 0.2) is 23.4 Å². The molecule has 80 valence electrons. The Labute approximate surface area is 86.8 Å². The number of rotatable bonds is 0. The lowest BCUT2D eigenvalue weighted by atomic mass is 10.0. The highest BCUT2D eigenvalue weighted by molar-refractivity contribution is 5.29. The molecule has 1 heterocycles. The van der Waals surface area contributed by atoms with Crippen LogP contribution in [0.5, 0.6) is 0 Å². The smallest absolute Gasteiger partial charge is 0.0547 e. The summed E-state index contributed by atoms with van der Waals surface area (Å²) >= 11 is 0. The van der Waals surface area contributed by atoms with Crippen molar-refractivity contribution in [3.63, 3.8) is 0 Å². The number of nitrogens with two attached hydrogens (primary N) is 1. The molecule has 0 aromatic carbocycles. The number of hydrogen-bond acceptors (Lipinski definition) is 2. The predicted molar refractivity (Wildman–Crippen MR) is 59.9 cm³/mol. The first-order valence-electron chi connectivity index (χ1n) is 5.36. The molecule has 2 nitrogen and oxygen atoms in total. The zero-order chi connectivity index (χ0) is 10.6. The van der Waals surface area contributed by atoms with E-state index < -0.39 is 0 Å². The van der Waals surface area contributed by atoms with E-state index in [0.717, 1.165) is 43.6 Å². The number of allylic oxidation sites excluding steroid dienone is 2. The molecule has 2 heteroatoms. The minimum Gasteiger partial charge on any atom is -0.399 e. The summed E-state index contributed by atoms with van der Waals surface area (Å²) in [6.07, 6.45) is 4.57. The van der Waals surface area contributed by atoms with Crippen molar-refractivity contribution in [3.05, 3.63) is 23.4 Å². The summed E-state index contributed by atoms with van der Waals surface area (Å²) < 4.78 is 5.63. The maximum absolute atomic E-state index is 5.97. The zero-order valence-corrected chi connectivity index (χ0v) is 9.31. The van der Waals surface area contributed by atoms with Crippen molar-refractivity contribution >= 4 is 0 Å². The van der Waals surface area contributed by atoms with Gasteiger partial charge in [0.05, 0.1) is 12.7 Å². The largest absolute Gasteiger partial charge is 0.399 e. The van der Waals surface area contributed by atoms with Crippen molar-refractivity contribution < 1.29 is 4.74 Å². The van der Waals surface area contributed by atoms with Gasteiger partial charge >= 0.3 is 0 Å². The van der Waals surface area contributed by atoms with Gasteiger partial charge in [-0.2, -0.15) is 0 Å². The van der Waals surface area contributed by atoms with Crippen molar-refractivity contribution in [2.24, 2.45) is 5.73 Å². The van der Waals surface area contributed by atoms with Crippen LogP contribution >= 0.6 is 0 Å². The molecule has 0 radical (unpaired) electrons. The SMILES string of the molecule is C=C1CCOC(C)CCCC(C)=C1N. The molecule has 0 bridgehead atoms. The molecule has 14 heavy (non-hydrogen) atoms. The molecule has 1 rings (SSSR count). The van der Waals surface area contributed by atoms with Crippen LogP contribution in [-0.2, 0) is 4.74 Å². The van der Waals surface area contributed by atoms with Gasteiger partial charge in [-0.05, 0) is 45.1 Å². The lowest BCUT2D eigenvalue weighted by Crippen LogP contribution is -2.14. The Balaban J connectivity index is 2.67. The normalized spacial score (nSPS) is 26.4. The Hall–Kier alpha value is -0.760. The predicted octanol–water partition coefficient (Wildman–Crippen LogP) is 2.75. The van der Waals surface area contributed by atoms with E-state index in [-0.39, 0.29) is 0 Å². The van der Waals surface area contributed by atoms with E-state index in [0.29, 0.717) is 6.10 Å². The van der Waals surface area contributed by atoms with Gasteiger partial charge in [-0.15, -0.1) is 0 Å². The van der Waals surface area contributed by atoms with E-state index in [1.807, 2.05) is 0 Å². The fourth-order valence-electron chi connectivity index (χ4n) is 1.69. The van der Waals surface area contributed by atoms with Crippen LogP contribution in [0.3, 0.4) is 0 Å². The maximum Gasteiger partial charge on any atom is 0.0547 e. The van der Waals surface area contributed by atoms with E-state index in [2.05, 4.69) is 20.4 Å². The number of ether oxygens (including phenoxy) is 1. The van der Waals surface area contributed by atoms with E-state index in [1.54, 1.807) is 0 Å². The van der Waals surface area contributed by atoms with E-state index in [4.69, 9.17) is 10.5 Å². The Morgan fingerprint density at radius 1 is 1.43 bits per heavy atom. The summed E-state index contributed by atoms with van der Waals surface area (Å²) in [6, 6.07) is 0. The second-order valence-electron chi connectivity index (χ2n) is 4.12. The van der Waals surface area contributed by atoms with Crippen LogP contribution in [0.4, 0.5) is 0 Å². The lowest BCUT2D eigenvalue weighted by molar-refractivity contribution is 0.0609. The second kappa shape index (κ2) is 5.20. The molecular weight excluding hydrogens is 174 g/mol. The highest BCUT2D eigenvalue weighted by atomic mass is 16.5. The third kappa shape index (κ3) is 3.18. The van der Waals surface area contributed by atoms with E-state index in [1.165, 1.54) is 5.57 Å². The Morgan fingerprint density at radius 2 is 2.14 bits per heavy atom. The first-order chi connectivity index (χ1) is 6.61. The van der Waals surface area contributed by atoms with Crippen molar-refractivity contribution in [1.29, 1.82) is 0 Å². The van der Waals surface area contributed by atoms with Gasteiger partial charge in [-0.3, -0.25) is 0 Å². The minimum absolute atomic E-state index is 0.370. The Bertz CT molecular complexity index is 243. The summed E-state index contributed by atoms with van der Waals surface area (Å²) in [5.74, 6) is 0. The summed E-state index contributed by atoms with van der Waals surface area (Å²) in [5, 5.41) is 0. The molecular formula is C12H21NO. The third-order valence-electron chi connectivity index (χ3n) is 2.81.